The highest BCUT2D eigenvalue weighted by atomic mass is 35.5. The number of anilines is 1. The van der Waals surface area contributed by atoms with Crippen molar-refractivity contribution in [3.8, 4) is 0 Å². The molecule has 3 rings (SSSR count). The molecule has 2 amide bonds. The van der Waals surface area contributed by atoms with Gasteiger partial charge in [-0.05, 0) is 57.0 Å². The van der Waals surface area contributed by atoms with Crippen LogP contribution in [0.1, 0.15) is 47.2 Å². The lowest BCUT2D eigenvalue weighted by atomic mass is 10.1. The topological polar surface area (TPSA) is 88.9 Å². The van der Waals surface area contributed by atoms with Crippen molar-refractivity contribution >= 4 is 40.9 Å². The van der Waals surface area contributed by atoms with Gasteiger partial charge in [0.05, 0.1) is 11.8 Å². The van der Waals surface area contributed by atoms with Gasteiger partial charge in [0, 0.05) is 22.8 Å². The van der Waals surface area contributed by atoms with Gasteiger partial charge >= 0.3 is 0 Å². The van der Waals surface area contributed by atoms with Crippen LogP contribution in [-0.4, -0.2) is 32.3 Å². The highest BCUT2D eigenvalue weighted by Crippen LogP contribution is 2.23. The fraction of sp³-hybridized carbons (Fsp3) is 0.304. The van der Waals surface area contributed by atoms with Crippen LogP contribution in [0.2, 0.25) is 5.02 Å². The number of thioether (sulfide) groups is 1. The molecule has 2 aromatic carbocycles. The van der Waals surface area contributed by atoms with Gasteiger partial charge in [-0.15, -0.1) is 10.2 Å². The molecule has 0 saturated heterocycles. The molecule has 1 heterocycles. The number of halogens is 1. The molecule has 1 atom stereocenters. The molecule has 168 valence electrons. The first-order valence-corrected chi connectivity index (χ1v) is 11.6. The Morgan fingerprint density at radius 1 is 1.12 bits per heavy atom. The third-order valence-corrected chi connectivity index (χ3v) is 6.19. The zero-order valence-electron chi connectivity index (χ0n) is 18.5. The highest BCUT2D eigenvalue weighted by Gasteiger charge is 2.21. The van der Waals surface area contributed by atoms with Crippen molar-refractivity contribution in [2.45, 2.75) is 45.4 Å². The predicted octanol–water partition coefficient (Wildman–Crippen LogP) is 4.79. The first-order valence-electron chi connectivity index (χ1n) is 10.3. The van der Waals surface area contributed by atoms with E-state index in [4.69, 9.17) is 11.6 Å². The molecule has 2 N–H and O–H groups in total. The van der Waals surface area contributed by atoms with Crippen molar-refractivity contribution in [3.05, 3.63) is 70.0 Å². The van der Waals surface area contributed by atoms with E-state index >= 15 is 0 Å². The molecular formula is C23H26ClN5O2S. The van der Waals surface area contributed by atoms with Crippen molar-refractivity contribution in [2.75, 3.05) is 11.1 Å². The van der Waals surface area contributed by atoms with E-state index < -0.39 is 0 Å². The molecule has 32 heavy (non-hydrogen) atoms. The summed E-state index contributed by atoms with van der Waals surface area (Å²) in [5.74, 6) is 0.497. The molecule has 0 aliphatic heterocycles. The van der Waals surface area contributed by atoms with E-state index in [1.54, 1.807) is 18.2 Å². The van der Waals surface area contributed by atoms with Crippen molar-refractivity contribution in [1.29, 1.82) is 0 Å². The number of benzene rings is 2. The summed E-state index contributed by atoms with van der Waals surface area (Å²) in [5, 5.41) is 15.6. The van der Waals surface area contributed by atoms with Gasteiger partial charge in [-0.1, -0.05) is 47.6 Å². The lowest BCUT2D eigenvalue weighted by molar-refractivity contribution is -0.113. The number of hydrogen-bond acceptors (Lipinski definition) is 5. The molecule has 7 nitrogen and oxygen atoms in total. The van der Waals surface area contributed by atoms with Crippen molar-refractivity contribution < 1.29 is 9.59 Å². The molecule has 0 bridgehead atoms. The first-order chi connectivity index (χ1) is 15.3. The Morgan fingerprint density at radius 3 is 2.59 bits per heavy atom. The third kappa shape index (κ3) is 5.69. The number of carbonyl (C=O) groups excluding carboxylic acids is 2. The van der Waals surface area contributed by atoms with Gasteiger partial charge < -0.3 is 15.2 Å². The lowest BCUT2D eigenvalue weighted by Gasteiger charge is -2.16. The molecular weight excluding hydrogens is 446 g/mol. The van der Waals surface area contributed by atoms with Gasteiger partial charge in [-0.2, -0.15) is 0 Å². The maximum atomic E-state index is 12.7. The van der Waals surface area contributed by atoms with Gasteiger partial charge in [-0.3, -0.25) is 9.59 Å². The minimum atomic E-state index is -0.341. The molecule has 1 aromatic heterocycles. The van der Waals surface area contributed by atoms with E-state index in [-0.39, 0.29) is 23.6 Å². The number of aromatic nitrogens is 3. The third-order valence-electron chi connectivity index (χ3n) is 4.99. The smallest absolute Gasteiger partial charge is 0.252 e. The minimum absolute atomic E-state index is 0.159. The summed E-state index contributed by atoms with van der Waals surface area (Å²) in [6, 6.07) is 12.5. The Balaban J connectivity index is 1.65. The van der Waals surface area contributed by atoms with E-state index in [2.05, 4.69) is 20.8 Å². The zero-order valence-corrected chi connectivity index (χ0v) is 20.0. The molecule has 0 spiro atoms. The second-order valence-electron chi connectivity index (χ2n) is 7.39. The van der Waals surface area contributed by atoms with Crippen LogP contribution in [0.5, 0.6) is 0 Å². The molecule has 9 heteroatoms. The average molecular weight is 472 g/mol. The normalized spacial score (nSPS) is 11.8. The minimum Gasteiger partial charge on any atom is -0.342 e. The SMILES string of the molecule is CCn1c(SCC(=O)Nc2cc(Cl)ccc2C)nnc1[C@H](C)NC(=O)c1ccccc1C. The summed E-state index contributed by atoms with van der Waals surface area (Å²) in [5.41, 5.74) is 3.16. The molecule has 0 fully saturated rings. The lowest BCUT2D eigenvalue weighted by Crippen LogP contribution is -2.29. The molecule has 3 aromatic rings. The Kier molecular flexibility index (Phi) is 7.93. The van der Waals surface area contributed by atoms with Crippen molar-refractivity contribution in [3.63, 3.8) is 0 Å². The van der Waals surface area contributed by atoms with Crippen LogP contribution in [0.3, 0.4) is 0 Å². The van der Waals surface area contributed by atoms with Gasteiger partial charge in [-0.25, -0.2) is 0 Å². The number of nitrogens with zero attached hydrogens (tertiary/aromatic N) is 3. The van der Waals surface area contributed by atoms with Crippen LogP contribution in [0.25, 0.3) is 0 Å². The number of nitrogens with one attached hydrogen (secondary N) is 2. The van der Waals surface area contributed by atoms with Crippen LogP contribution in [0, 0.1) is 13.8 Å². The predicted molar refractivity (Wildman–Crippen MR) is 128 cm³/mol. The van der Waals surface area contributed by atoms with Crippen LogP contribution >= 0.6 is 23.4 Å². The average Bonchev–Trinajstić information content (AvgIpc) is 3.18. The molecule has 0 aliphatic rings. The number of aryl methyl sites for hydroxylation is 2. The quantitative estimate of drug-likeness (QED) is 0.461. The fourth-order valence-electron chi connectivity index (χ4n) is 3.24. The van der Waals surface area contributed by atoms with E-state index in [1.165, 1.54) is 11.8 Å². The highest BCUT2D eigenvalue weighted by molar-refractivity contribution is 7.99. The van der Waals surface area contributed by atoms with Crippen molar-refractivity contribution in [1.82, 2.24) is 20.1 Å². The summed E-state index contributed by atoms with van der Waals surface area (Å²) in [7, 11) is 0. The van der Waals surface area contributed by atoms with Gasteiger partial charge in [0.1, 0.15) is 0 Å². The van der Waals surface area contributed by atoms with E-state index in [9.17, 15) is 9.59 Å². The largest absolute Gasteiger partial charge is 0.342 e. The Hall–Kier alpha value is -2.84. The summed E-state index contributed by atoms with van der Waals surface area (Å²) in [6.07, 6.45) is 0. The maximum Gasteiger partial charge on any atom is 0.252 e. The van der Waals surface area contributed by atoms with Gasteiger partial charge in [0.15, 0.2) is 11.0 Å². The molecule has 0 aliphatic carbocycles. The summed E-state index contributed by atoms with van der Waals surface area (Å²) in [4.78, 5) is 25.1. The van der Waals surface area contributed by atoms with Gasteiger partial charge in [0.2, 0.25) is 5.91 Å². The van der Waals surface area contributed by atoms with Crippen LogP contribution in [-0.2, 0) is 11.3 Å². The molecule has 0 saturated carbocycles. The Morgan fingerprint density at radius 2 is 1.88 bits per heavy atom. The maximum absolute atomic E-state index is 12.7. The summed E-state index contributed by atoms with van der Waals surface area (Å²) < 4.78 is 1.91. The van der Waals surface area contributed by atoms with E-state index in [0.29, 0.717) is 33.8 Å². The van der Waals surface area contributed by atoms with E-state index in [0.717, 1.165) is 11.1 Å². The zero-order chi connectivity index (χ0) is 23.3. The van der Waals surface area contributed by atoms with Crippen LogP contribution in [0.15, 0.2) is 47.6 Å². The van der Waals surface area contributed by atoms with Gasteiger partial charge in [0.25, 0.3) is 5.91 Å². The number of rotatable bonds is 8. The molecule has 0 radical (unpaired) electrons. The Labute approximate surface area is 197 Å². The van der Waals surface area contributed by atoms with E-state index in [1.807, 2.05) is 56.5 Å². The monoisotopic (exact) mass is 471 g/mol. The van der Waals surface area contributed by atoms with Crippen molar-refractivity contribution in [2.24, 2.45) is 0 Å². The fourth-order valence-corrected chi connectivity index (χ4v) is 4.22. The second-order valence-corrected chi connectivity index (χ2v) is 8.77. The molecule has 0 unspecified atom stereocenters. The van der Waals surface area contributed by atoms with Crippen LogP contribution < -0.4 is 10.6 Å². The van der Waals surface area contributed by atoms with Crippen LogP contribution in [0.4, 0.5) is 5.69 Å². The summed E-state index contributed by atoms with van der Waals surface area (Å²) in [6.45, 7) is 8.27. The summed E-state index contributed by atoms with van der Waals surface area (Å²) >= 11 is 7.32. The number of amides is 2. The number of hydrogen-bond donors (Lipinski definition) is 2. The standard InChI is InChI=1S/C23H26ClN5O2S/c1-5-29-21(16(4)25-22(31)18-9-7-6-8-14(18)2)27-28-23(29)32-13-20(30)26-19-12-17(24)11-10-15(19)3/h6-12,16H,5,13H2,1-4H3,(H,25,31)(H,26,30)/t16-/m0/s1. The number of carbonyl (C=O) groups is 2. The first kappa shape index (κ1) is 23.8. The Bertz CT molecular complexity index is 1130. The second kappa shape index (κ2) is 10.7.